The number of halogens is 3. The zero-order valence-electron chi connectivity index (χ0n) is 19.2. The van der Waals surface area contributed by atoms with Crippen molar-refractivity contribution in [3.63, 3.8) is 0 Å². The Morgan fingerprint density at radius 1 is 0.944 bits per heavy atom. The molecule has 2 heterocycles. The van der Waals surface area contributed by atoms with Gasteiger partial charge in [-0.05, 0) is 47.9 Å². The van der Waals surface area contributed by atoms with E-state index >= 15 is 0 Å². The molecule has 0 saturated carbocycles. The van der Waals surface area contributed by atoms with Crippen LogP contribution in [-0.2, 0) is 15.7 Å². The van der Waals surface area contributed by atoms with Crippen LogP contribution in [0.2, 0.25) is 0 Å². The third-order valence-corrected chi connectivity index (χ3v) is 6.47. The van der Waals surface area contributed by atoms with E-state index in [2.05, 4.69) is 10.6 Å². The molecule has 3 aromatic carbocycles. The Bertz CT molecular complexity index is 1260. The van der Waals surface area contributed by atoms with Gasteiger partial charge in [-0.1, -0.05) is 42.5 Å². The van der Waals surface area contributed by atoms with Gasteiger partial charge in [0.2, 0.25) is 5.91 Å². The van der Waals surface area contributed by atoms with Gasteiger partial charge >= 0.3 is 6.18 Å². The predicted octanol–water partition coefficient (Wildman–Crippen LogP) is 5.04. The van der Waals surface area contributed by atoms with Gasteiger partial charge in [-0.15, -0.1) is 0 Å². The van der Waals surface area contributed by atoms with Crippen LogP contribution >= 0.6 is 0 Å². The number of amides is 2. The third-order valence-electron chi connectivity index (χ3n) is 6.47. The molecular weight excluding hydrogens is 471 g/mol. The number of fused-ring (bicyclic) bond motifs is 2. The molecule has 3 aromatic rings. The lowest BCUT2D eigenvalue weighted by Gasteiger charge is -2.26. The van der Waals surface area contributed by atoms with Crippen LogP contribution in [0.5, 0.6) is 0 Å². The molecule has 2 saturated heterocycles. The number of hydrogen-bond donors (Lipinski definition) is 2. The van der Waals surface area contributed by atoms with E-state index in [9.17, 15) is 22.8 Å². The van der Waals surface area contributed by atoms with Crippen molar-refractivity contribution >= 4 is 23.2 Å². The summed E-state index contributed by atoms with van der Waals surface area (Å²) in [4.78, 5) is 27.3. The van der Waals surface area contributed by atoms with Gasteiger partial charge in [-0.25, -0.2) is 0 Å². The van der Waals surface area contributed by atoms with Crippen LogP contribution in [0.15, 0.2) is 72.8 Å². The summed E-state index contributed by atoms with van der Waals surface area (Å²) >= 11 is 0. The number of anilines is 2. The Hall–Kier alpha value is -3.69. The Morgan fingerprint density at radius 2 is 1.67 bits per heavy atom. The number of likely N-dealkylation sites (tertiary alicyclic amines) is 1. The van der Waals surface area contributed by atoms with Crippen LogP contribution in [-0.4, -0.2) is 48.6 Å². The van der Waals surface area contributed by atoms with Gasteiger partial charge in [0, 0.05) is 23.8 Å². The molecule has 2 fully saturated rings. The average molecular weight is 496 g/mol. The van der Waals surface area contributed by atoms with Gasteiger partial charge in [0.15, 0.2) is 0 Å². The summed E-state index contributed by atoms with van der Waals surface area (Å²) < 4.78 is 46.3. The second kappa shape index (κ2) is 9.75. The SMILES string of the molecule is O=C(CN1CC2CC1CO2)Nc1cc(C(=O)Nc2ccc(-c3ccccc3)cc2)ccc1C(F)(F)F. The summed E-state index contributed by atoms with van der Waals surface area (Å²) in [5, 5.41) is 5.06. The van der Waals surface area contributed by atoms with Crippen LogP contribution in [0.4, 0.5) is 24.5 Å². The molecule has 6 nitrogen and oxygen atoms in total. The molecule has 0 aliphatic carbocycles. The standard InChI is InChI=1S/C27H24F3N3O3/c28-27(29,30)23-11-8-19(12-24(23)32-25(34)15-33-14-22-13-21(33)16-36-22)26(35)31-20-9-6-18(7-10-20)17-4-2-1-3-5-17/h1-12,21-22H,13-16H2,(H,31,35)(H,32,34). The van der Waals surface area contributed by atoms with Gasteiger partial charge in [0.1, 0.15) is 0 Å². The Balaban J connectivity index is 1.30. The van der Waals surface area contributed by atoms with Gasteiger partial charge < -0.3 is 15.4 Å². The minimum atomic E-state index is -4.69. The van der Waals surface area contributed by atoms with Crippen molar-refractivity contribution in [3.8, 4) is 11.1 Å². The molecule has 2 atom stereocenters. The van der Waals surface area contributed by atoms with Crippen LogP contribution in [0.3, 0.4) is 0 Å². The second-order valence-electron chi connectivity index (χ2n) is 8.98. The topological polar surface area (TPSA) is 70.7 Å². The van der Waals surface area contributed by atoms with Crippen LogP contribution in [0.1, 0.15) is 22.3 Å². The van der Waals surface area contributed by atoms with E-state index in [0.29, 0.717) is 18.8 Å². The number of benzene rings is 3. The molecule has 36 heavy (non-hydrogen) atoms. The Kier molecular flexibility index (Phi) is 6.51. The molecular formula is C27H24F3N3O3. The highest BCUT2D eigenvalue weighted by Gasteiger charge is 2.40. The summed E-state index contributed by atoms with van der Waals surface area (Å²) in [6, 6.07) is 19.9. The van der Waals surface area contributed by atoms with Crippen molar-refractivity contribution in [2.45, 2.75) is 24.7 Å². The number of hydrogen-bond acceptors (Lipinski definition) is 4. The zero-order chi connectivity index (χ0) is 25.3. The summed E-state index contributed by atoms with van der Waals surface area (Å²) in [6.45, 7) is 1.06. The molecule has 2 bridgehead atoms. The first kappa shape index (κ1) is 24.0. The number of morpholine rings is 1. The highest BCUT2D eigenvalue weighted by molar-refractivity contribution is 6.05. The number of carbonyl (C=O) groups is 2. The quantitative estimate of drug-likeness (QED) is 0.503. The van der Waals surface area contributed by atoms with Gasteiger partial charge in [0.25, 0.3) is 5.91 Å². The normalized spacial score (nSPS) is 19.3. The molecule has 2 N–H and O–H groups in total. The van der Waals surface area contributed by atoms with E-state index in [1.807, 2.05) is 47.4 Å². The van der Waals surface area contributed by atoms with Crippen molar-refractivity contribution < 1.29 is 27.5 Å². The van der Waals surface area contributed by atoms with Crippen molar-refractivity contribution in [1.82, 2.24) is 4.90 Å². The molecule has 2 amide bonds. The number of nitrogens with zero attached hydrogens (tertiary/aromatic N) is 1. The number of ether oxygens (including phenoxy) is 1. The van der Waals surface area contributed by atoms with Gasteiger partial charge in [-0.3, -0.25) is 14.5 Å². The maximum absolute atomic E-state index is 13.6. The first-order chi connectivity index (χ1) is 17.3. The van der Waals surface area contributed by atoms with Crippen LogP contribution < -0.4 is 10.6 Å². The van der Waals surface area contributed by atoms with Gasteiger partial charge in [0.05, 0.1) is 30.5 Å². The first-order valence-corrected chi connectivity index (χ1v) is 11.6. The Morgan fingerprint density at radius 3 is 2.31 bits per heavy atom. The van der Waals surface area contributed by atoms with Crippen molar-refractivity contribution in [2.24, 2.45) is 0 Å². The Labute approximate surface area is 206 Å². The van der Waals surface area contributed by atoms with E-state index in [1.165, 1.54) is 0 Å². The van der Waals surface area contributed by atoms with E-state index in [1.54, 1.807) is 12.1 Å². The lowest BCUT2D eigenvalue weighted by atomic mass is 10.1. The summed E-state index contributed by atoms with van der Waals surface area (Å²) in [5.74, 6) is -1.15. The van der Waals surface area contributed by atoms with E-state index in [-0.39, 0.29) is 24.3 Å². The third kappa shape index (κ3) is 5.27. The molecule has 0 aromatic heterocycles. The van der Waals surface area contributed by atoms with Crippen molar-refractivity contribution in [3.05, 3.63) is 83.9 Å². The minimum Gasteiger partial charge on any atom is -0.375 e. The zero-order valence-corrected chi connectivity index (χ0v) is 19.2. The number of nitrogens with one attached hydrogen (secondary N) is 2. The van der Waals surface area contributed by atoms with E-state index < -0.39 is 29.2 Å². The molecule has 186 valence electrons. The molecule has 5 rings (SSSR count). The average Bonchev–Trinajstić information content (AvgIpc) is 3.48. The lowest BCUT2D eigenvalue weighted by Crippen LogP contribution is -2.42. The van der Waals surface area contributed by atoms with Gasteiger partial charge in [-0.2, -0.15) is 13.2 Å². The fraction of sp³-hybridized carbons (Fsp3) is 0.259. The maximum Gasteiger partial charge on any atom is 0.418 e. The number of alkyl halides is 3. The predicted molar refractivity (Wildman–Crippen MR) is 130 cm³/mol. The monoisotopic (exact) mass is 495 g/mol. The lowest BCUT2D eigenvalue weighted by molar-refractivity contribution is -0.137. The fourth-order valence-corrected chi connectivity index (χ4v) is 4.66. The molecule has 2 unspecified atom stereocenters. The minimum absolute atomic E-state index is 0.000865. The van der Waals surface area contributed by atoms with Crippen molar-refractivity contribution in [1.29, 1.82) is 0 Å². The highest BCUT2D eigenvalue weighted by atomic mass is 19.4. The first-order valence-electron chi connectivity index (χ1n) is 11.6. The van der Waals surface area contributed by atoms with Crippen molar-refractivity contribution in [2.75, 3.05) is 30.3 Å². The number of carbonyl (C=O) groups excluding carboxylic acids is 2. The molecule has 0 spiro atoms. The molecule has 0 radical (unpaired) electrons. The smallest absolute Gasteiger partial charge is 0.375 e. The summed E-state index contributed by atoms with van der Waals surface area (Å²) in [6.07, 6.45) is -3.79. The van der Waals surface area contributed by atoms with Crippen LogP contribution in [0, 0.1) is 0 Å². The maximum atomic E-state index is 13.6. The molecule has 2 aliphatic rings. The largest absolute Gasteiger partial charge is 0.418 e. The molecule has 2 aliphatic heterocycles. The number of rotatable bonds is 6. The summed E-state index contributed by atoms with van der Waals surface area (Å²) in [5.41, 5.74) is 1.03. The van der Waals surface area contributed by atoms with E-state index in [0.717, 1.165) is 35.7 Å². The highest BCUT2D eigenvalue weighted by Crippen LogP contribution is 2.36. The van der Waals surface area contributed by atoms with Crippen LogP contribution in [0.25, 0.3) is 11.1 Å². The molecule has 9 heteroatoms. The second-order valence-corrected chi connectivity index (χ2v) is 8.98. The summed E-state index contributed by atoms with van der Waals surface area (Å²) in [7, 11) is 0. The fourth-order valence-electron chi connectivity index (χ4n) is 4.66. The van der Waals surface area contributed by atoms with E-state index in [4.69, 9.17) is 4.74 Å².